The molecule has 4 N–H and O–H groups in total. The lowest BCUT2D eigenvalue weighted by atomic mass is 10.0. The number of ether oxygens (including phenoxy) is 1. The molecule has 0 aliphatic heterocycles. The molecule has 8 nitrogen and oxygen atoms in total. The molecule has 1 atom stereocenters. The van der Waals surface area contributed by atoms with Gasteiger partial charge < -0.3 is 21.1 Å². The van der Waals surface area contributed by atoms with E-state index in [9.17, 15) is 19.2 Å². The molecule has 3 amide bonds. The van der Waals surface area contributed by atoms with E-state index >= 15 is 0 Å². The number of urea groups is 1. The fraction of sp³-hybridized carbons (Fsp3) is 0.200. The lowest BCUT2D eigenvalue weighted by Gasteiger charge is -2.18. The van der Waals surface area contributed by atoms with Crippen LogP contribution in [0.4, 0.5) is 10.5 Å². The molecule has 0 radical (unpaired) electrons. The molecule has 0 fully saturated rings. The zero-order valence-corrected chi connectivity index (χ0v) is 16.4. The number of Topliss-reactive ketones (excluding diaryl/α,β-unsaturated/α-hetero) is 1. The van der Waals surface area contributed by atoms with E-state index in [1.165, 1.54) is 13.0 Å². The normalized spacial score (nSPS) is 11.2. The number of primary amides is 1. The first kappa shape index (κ1) is 21.9. The summed E-state index contributed by atoms with van der Waals surface area (Å²) in [6, 6.07) is 11.4. The predicted molar refractivity (Wildman–Crippen MR) is 108 cm³/mol. The Labute approximate surface area is 172 Å². The van der Waals surface area contributed by atoms with Crippen LogP contribution in [0.25, 0.3) is 0 Å². The van der Waals surface area contributed by atoms with Crippen molar-refractivity contribution in [3.05, 3.63) is 64.7 Å². The van der Waals surface area contributed by atoms with Gasteiger partial charge in [0.2, 0.25) is 0 Å². The number of amides is 3. The largest absolute Gasteiger partial charge is 0.455 e. The highest BCUT2D eigenvalue weighted by atomic mass is 35.5. The minimum Gasteiger partial charge on any atom is -0.455 e. The molecular formula is C20H20ClN3O5. The van der Waals surface area contributed by atoms with Gasteiger partial charge in [0.05, 0.1) is 12.5 Å². The molecule has 0 unspecified atom stereocenters. The van der Waals surface area contributed by atoms with E-state index in [2.05, 4.69) is 10.6 Å². The molecule has 0 bridgehead atoms. The van der Waals surface area contributed by atoms with Crippen LogP contribution in [-0.2, 0) is 14.3 Å². The molecule has 0 aliphatic rings. The van der Waals surface area contributed by atoms with Gasteiger partial charge in [0, 0.05) is 16.3 Å². The van der Waals surface area contributed by atoms with Crippen molar-refractivity contribution < 1.29 is 23.9 Å². The molecule has 152 valence electrons. The summed E-state index contributed by atoms with van der Waals surface area (Å²) in [4.78, 5) is 46.8. The average Bonchev–Trinajstić information content (AvgIpc) is 2.66. The molecule has 29 heavy (non-hydrogen) atoms. The summed E-state index contributed by atoms with van der Waals surface area (Å²) in [5.41, 5.74) is 6.51. The Kier molecular flexibility index (Phi) is 7.73. The van der Waals surface area contributed by atoms with Crippen molar-refractivity contribution in [3.63, 3.8) is 0 Å². The fourth-order valence-corrected chi connectivity index (χ4v) is 2.82. The van der Waals surface area contributed by atoms with Gasteiger partial charge >= 0.3 is 12.0 Å². The van der Waals surface area contributed by atoms with Crippen LogP contribution in [0.3, 0.4) is 0 Å². The molecule has 0 spiro atoms. The molecule has 0 aliphatic carbocycles. The summed E-state index contributed by atoms with van der Waals surface area (Å²) in [6.07, 6.45) is -0.264. The molecular weight excluding hydrogens is 398 g/mol. The van der Waals surface area contributed by atoms with Gasteiger partial charge in [-0.05, 0) is 30.7 Å². The van der Waals surface area contributed by atoms with E-state index in [-0.39, 0.29) is 12.2 Å². The fourth-order valence-electron chi connectivity index (χ4n) is 2.55. The van der Waals surface area contributed by atoms with Crippen LogP contribution in [-0.4, -0.2) is 30.3 Å². The van der Waals surface area contributed by atoms with E-state index in [1.807, 2.05) is 0 Å². The third-order valence-corrected chi connectivity index (χ3v) is 4.23. The number of rotatable bonds is 8. The number of carbonyl (C=O) groups is 4. The van der Waals surface area contributed by atoms with Crippen molar-refractivity contribution in [3.8, 4) is 0 Å². The summed E-state index contributed by atoms with van der Waals surface area (Å²) < 4.78 is 4.97. The second kappa shape index (κ2) is 10.2. The van der Waals surface area contributed by atoms with Gasteiger partial charge in [-0.25, -0.2) is 4.79 Å². The van der Waals surface area contributed by atoms with Gasteiger partial charge in [0.1, 0.15) is 0 Å². The van der Waals surface area contributed by atoms with Gasteiger partial charge in [0.25, 0.3) is 5.91 Å². The standard InChI is InChI=1S/C20H20ClN3O5/c1-12(25)13-5-4-6-14(9-13)23-18(26)11-29-19(27)10-17(24-20(22)28)15-7-2-3-8-16(15)21/h2-9,17H,10-11H2,1H3,(H,23,26)(H3,22,24,28)/t17-/m0/s1. The average molecular weight is 418 g/mol. The summed E-state index contributed by atoms with van der Waals surface area (Å²) in [5.74, 6) is -1.44. The van der Waals surface area contributed by atoms with Crippen molar-refractivity contribution >= 4 is 41.0 Å². The van der Waals surface area contributed by atoms with Crippen molar-refractivity contribution in [1.29, 1.82) is 0 Å². The number of hydrogen-bond acceptors (Lipinski definition) is 5. The maximum atomic E-state index is 12.1. The molecule has 2 aromatic carbocycles. The molecule has 2 rings (SSSR count). The minimum absolute atomic E-state index is 0.139. The number of halogens is 1. The predicted octanol–water partition coefficient (Wildman–Crippen LogP) is 2.82. The minimum atomic E-state index is -0.828. The summed E-state index contributed by atoms with van der Waals surface area (Å²) in [6.45, 7) is 0.882. The Morgan fingerprint density at radius 3 is 2.48 bits per heavy atom. The van der Waals surface area contributed by atoms with Crippen molar-refractivity contribution in [2.45, 2.75) is 19.4 Å². The zero-order chi connectivity index (χ0) is 21.4. The lowest BCUT2D eigenvalue weighted by molar-refractivity contribution is -0.147. The van der Waals surface area contributed by atoms with Crippen LogP contribution < -0.4 is 16.4 Å². The SMILES string of the molecule is CC(=O)c1cccc(NC(=O)COC(=O)C[C@H](NC(N)=O)c2ccccc2Cl)c1. The maximum Gasteiger partial charge on any atom is 0.312 e. The Morgan fingerprint density at radius 2 is 1.83 bits per heavy atom. The number of carbonyl (C=O) groups excluding carboxylic acids is 4. The van der Waals surface area contributed by atoms with E-state index in [4.69, 9.17) is 22.1 Å². The van der Waals surface area contributed by atoms with Gasteiger partial charge in [-0.3, -0.25) is 14.4 Å². The zero-order valence-electron chi connectivity index (χ0n) is 15.6. The second-order valence-electron chi connectivity index (χ2n) is 6.13. The Bertz CT molecular complexity index is 932. The van der Waals surface area contributed by atoms with Crippen molar-refractivity contribution in [2.75, 3.05) is 11.9 Å². The van der Waals surface area contributed by atoms with Gasteiger partial charge in [0.15, 0.2) is 12.4 Å². The summed E-state index contributed by atoms with van der Waals surface area (Å²) in [7, 11) is 0. The second-order valence-corrected chi connectivity index (χ2v) is 6.54. The van der Waals surface area contributed by atoms with Gasteiger partial charge in [-0.2, -0.15) is 0 Å². The number of benzene rings is 2. The molecule has 9 heteroatoms. The first-order chi connectivity index (χ1) is 13.8. The third-order valence-electron chi connectivity index (χ3n) is 3.89. The molecule has 2 aromatic rings. The van der Waals surface area contributed by atoms with Crippen LogP contribution in [0.5, 0.6) is 0 Å². The Hall–Kier alpha value is -3.39. The summed E-state index contributed by atoms with van der Waals surface area (Å²) >= 11 is 6.11. The van der Waals surface area contributed by atoms with Crippen molar-refractivity contribution in [1.82, 2.24) is 5.32 Å². The summed E-state index contributed by atoms with van der Waals surface area (Å²) in [5, 5.41) is 5.32. The number of ketones is 1. The van der Waals surface area contributed by atoms with Gasteiger partial charge in [-0.15, -0.1) is 0 Å². The maximum absolute atomic E-state index is 12.1. The van der Waals surface area contributed by atoms with E-state index in [0.29, 0.717) is 21.8 Å². The number of nitrogens with two attached hydrogens (primary N) is 1. The van der Waals surface area contributed by atoms with Gasteiger partial charge in [-0.1, -0.05) is 41.9 Å². The molecule has 0 heterocycles. The Balaban J connectivity index is 1.94. The van der Waals surface area contributed by atoms with Crippen LogP contribution in [0.2, 0.25) is 5.02 Å². The number of esters is 1. The Morgan fingerprint density at radius 1 is 1.10 bits per heavy atom. The van der Waals surface area contributed by atoms with Crippen LogP contribution in [0, 0.1) is 0 Å². The monoisotopic (exact) mass is 417 g/mol. The highest BCUT2D eigenvalue weighted by Gasteiger charge is 2.21. The first-order valence-corrected chi connectivity index (χ1v) is 9.01. The number of nitrogens with one attached hydrogen (secondary N) is 2. The smallest absolute Gasteiger partial charge is 0.312 e. The molecule has 0 saturated heterocycles. The molecule has 0 aromatic heterocycles. The van der Waals surface area contributed by atoms with Crippen LogP contribution in [0.15, 0.2) is 48.5 Å². The van der Waals surface area contributed by atoms with Crippen LogP contribution >= 0.6 is 11.6 Å². The highest BCUT2D eigenvalue weighted by molar-refractivity contribution is 6.31. The quantitative estimate of drug-likeness (QED) is 0.449. The van der Waals surface area contributed by atoms with E-state index in [0.717, 1.165) is 0 Å². The van der Waals surface area contributed by atoms with Crippen molar-refractivity contribution in [2.24, 2.45) is 5.73 Å². The van der Waals surface area contributed by atoms with Crippen LogP contribution in [0.1, 0.15) is 35.3 Å². The number of hydrogen-bond donors (Lipinski definition) is 3. The van der Waals surface area contributed by atoms with E-state index < -0.39 is 30.6 Å². The third kappa shape index (κ3) is 6.93. The topological polar surface area (TPSA) is 128 Å². The number of anilines is 1. The van der Waals surface area contributed by atoms with E-state index in [1.54, 1.807) is 42.5 Å². The first-order valence-electron chi connectivity index (χ1n) is 8.63. The highest BCUT2D eigenvalue weighted by Crippen LogP contribution is 2.25. The molecule has 0 saturated carbocycles. The lowest BCUT2D eigenvalue weighted by Crippen LogP contribution is -2.35.